The van der Waals surface area contributed by atoms with Crippen molar-refractivity contribution in [1.29, 1.82) is 0 Å². The predicted octanol–water partition coefficient (Wildman–Crippen LogP) is 2.39. The SMILES string of the molecule is CC(C)(C)OC(=O)NC1CCN(CCn2c(=O)ccc3ccncc32)CC1. The van der Waals surface area contributed by atoms with Crippen LogP contribution in [-0.2, 0) is 11.3 Å². The highest BCUT2D eigenvalue weighted by Gasteiger charge is 2.23. The molecular weight excluding hydrogens is 344 g/mol. The molecule has 7 heteroatoms. The maximum absolute atomic E-state index is 12.2. The Bertz CT molecular complexity index is 848. The van der Waals surface area contributed by atoms with Crippen LogP contribution in [0.4, 0.5) is 4.79 Å². The fourth-order valence-electron chi connectivity index (χ4n) is 3.38. The summed E-state index contributed by atoms with van der Waals surface area (Å²) in [5, 5.41) is 3.97. The summed E-state index contributed by atoms with van der Waals surface area (Å²) in [6, 6.07) is 5.50. The van der Waals surface area contributed by atoms with Crippen LogP contribution >= 0.6 is 0 Å². The van der Waals surface area contributed by atoms with Gasteiger partial charge in [-0.15, -0.1) is 0 Å². The number of ether oxygens (including phenoxy) is 1. The zero-order valence-electron chi connectivity index (χ0n) is 16.3. The van der Waals surface area contributed by atoms with Crippen molar-refractivity contribution in [3.05, 3.63) is 40.9 Å². The van der Waals surface area contributed by atoms with Crippen LogP contribution < -0.4 is 10.9 Å². The maximum Gasteiger partial charge on any atom is 0.407 e. The normalized spacial score (nSPS) is 16.4. The maximum atomic E-state index is 12.2. The van der Waals surface area contributed by atoms with Crippen molar-refractivity contribution in [1.82, 2.24) is 19.8 Å². The molecule has 0 atom stereocenters. The van der Waals surface area contributed by atoms with Crippen LogP contribution in [0.5, 0.6) is 0 Å². The fourth-order valence-corrected chi connectivity index (χ4v) is 3.38. The minimum absolute atomic E-state index is 0.00280. The molecule has 0 bridgehead atoms. The van der Waals surface area contributed by atoms with Gasteiger partial charge in [0.15, 0.2) is 0 Å². The van der Waals surface area contributed by atoms with Crippen molar-refractivity contribution in [2.75, 3.05) is 19.6 Å². The van der Waals surface area contributed by atoms with E-state index in [1.54, 1.807) is 23.0 Å². The predicted molar refractivity (Wildman–Crippen MR) is 105 cm³/mol. The Hall–Kier alpha value is -2.41. The van der Waals surface area contributed by atoms with E-state index in [0.29, 0.717) is 6.54 Å². The van der Waals surface area contributed by atoms with E-state index in [-0.39, 0.29) is 17.7 Å². The summed E-state index contributed by atoms with van der Waals surface area (Å²) in [4.78, 5) is 30.6. The molecule has 0 spiro atoms. The number of rotatable bonds is 4. The van der Waals surface area contributed by atoms with E-state index < -0.39 is 5.60 Å². The number of carbonyl (C=O) groups is 1. The number of nitrogens with one attached hydrogen (secondary N) is 1. The number of alkyl carbamates (subject to hydrolysis) is 1. The first-order chi connectivity index (χ1) is 12.8. The molecule has 2 aromatic rings. The third-order valence-corrected chi connectivity index (χ3v) is 4.74. The highest BCUT2D eigenvalue weighted by atomic mass is 16.6. The van der Waals surface area contributed by atoms with Crippen molar-refractivity contribution < 1.29 is 9.53 Å². The van der Waals surface area contributed by atoms with Gasteiger partial charge in [-0.3, -0.25) is 9.78 Å². The number of likely N-dealkylation sites (tertiary alicyclic amines) is 1. The van der Waals surface area contributed by atoms with E-state index in [1.165, 1.54) is 0 Å². The van der Waals surface area contributed by atoms with Crippen molar-refractivity contribution in [2.24, 2.45) is 0 Å². The van der Waals surface area contributed by atoms with Crippen LogP contribution in [0.15, 0.2) is 35.4 Å². The number of amides is 1. The van der Waals surface area contributed by atoms with E-state index in [9.17, 15) is 9.59 Å². The molecule has 1 saturated heterocycles. The van der Waals surface area contributed by atoms with Gasteiger partial charge < -0.3 is 19.5 Å². The first-order valence-electron chi connectivity index (χ1n) is 9.47. The Balaban J connectivity index is 1.51. The zero-order chi connectivity index (χ0) is 19.4. The van der Waals surface area contributed by atoms with Crippen molar-refractivity contribution in [3.63, 3.8) is 0 Å². The lowest BCUT2D eigenvalue weighted by molar-refractivity contribution is 0.0478. The molecule has 0 aromatic carbocycles. The molecule has 0 radical (unpaired) electrons. The molecule has 0 unspecified atom stereocenters. The molecule has 1 aliphatic heterocycles. The third kappa shape index (κ3) is 5.29. The summed E-state index contributed by atoms with van der Waals surface area (Å²) in [7, 11) is 0. The fraction of sp³-hybridized carbons (Fsp3) is 0.550. The summed E-state index contributed by atoms with van der Waals surface area (Å²) >= 11 is 0. The Labute approximate surface area is 159 Å². The second kappa shape index (κ2) is 8.08. The third-order valence-electron chi connectivity index (χ3n) is 4.74. The second-order valence-corrected chi connectivity index (χ2v) is 8.02. The lowest BCUT2D eigenvalue weighted by Gasteiger charge is -2.33. The first-order valence-corrected chi connectivity index (χ1v) is 9.47. The second-order valence-electron chi connectivity index (χ2n) is 8.02. The van der Waals surface area contributed by atoms with Gasteiger partial charge in [0.05, 0.1) is 11.7 Å². The molecule has 27 heavy (non-hydrogen) atoms. The Morgan fingerprint density at radius 3 is 2.67 bits per heavy atom. The molecule has 0 saturated carbocycles. The standard InChI is InChI=1S/C20H28N4O3/c1-20(2,3)27-19(26)22-16-7-10-23(11-8-16)12-13-24-17-14-21-9-6-15(17)4-5-18(24)25/h4-6,9,14,16H,7-8,10-13H2,1-3H3,(H,22,26). The summed E-state index contributed by atoms with van der Waals surface area (Å²) in [5.74, 6) is 0. The summed E-state index contributed by atoms with van der Waals surface area (Å²) in [6.07, 6.45) is 4.89. The van der Waals surface area contributed by atoms with Crippen molar-refractivity contribution in [3.8, 4) is 0 Å². The molecule has 7 nitrogen and oxygen atoms in total. The summed E-state index contributed by atoms with van der Waals surface area (Å²) in [6.45, 7) is 8.79. The smallest absolute Gasteiger partial charge is 0.407 e. The average molecular weight is 372 g/mol. The number of carbonyl (C=O) groups excluding carboxylic acids is 1. The summed E-state index contributed by atoms with van der Waals surface area (Å²) < 4.78 is 7.10. The molecule has 2 aromatic heterocycles. The number of aromatic nitrogens is 2. The lowest BCUT2D eigenvalue weighted by atomic mass is 10.1. The van der Waals surface area contributed by atoms with Crippen LogP contribution in [0.25, 0.3) is 10.9 Å². The van der Waals surface area contributed by atoms with Gasteiger partial charge in [-0.25, -0.2) is 4.79 Å². The van der Waals surface area contributed by atoms with Crippen LogP contribution in [0.1, 0.15) is 33.6 Å². The van der Waals surface area contributed by atoms with Gasteiger partial charge in [-0.05, 0) is 45.7 Å². The highest BCUT2D eigenvalue weighted by Crippen LogP contribution is 2.14. The zero-order valence-corrected chi connectivity index (χ0v) is 16.3. The Kier molecular flexibility index (Phi) is 5.79. The minimum atomic E-state index is -0.481. The van der Waals surface area contributed by atoms with E-state index in [0.717, 1.165) is 43.4 Å². The number of hydrogen-bond donors (Lipinski definition) is 1. The highest BCUT2D eigenvalue weighted by molar-refractivity contribution is 5.77. The van der Waals surface area contributed by atoms with Crippen molar-refractivity contribution in [2.45, 2.75) is 51.8 Å². The lowest BCUT2D eigenvalue weighted by Crippen LogP contribution is -2.46. The van der Waals surface area contributed by atoms with Gasteiger partial charge in [-0.2, -0.15) is 0 Å². The van der Waals surface area contributed by atoms with Crippen LogP contribution in [0.2, 0.25) is 0 Å². The number of pyridine rings is 2. The van der Waals surface area contributed by atoms with Gasteiger partial charge in [0.1, 0.15) is 5.60 Å². The quantitative estimate of drug-likeness (QED) is 0.892. The van der Waals surface area contributed by atoms with E-state index in [2.05, 4.69) is 15.2 Å². The molecule has 3 rings (SSSR count). The van der Waals surface area contributed by atoms with Gasteiger partial charge in [-0.1, -0.05) is 0 Å². The molecule has 1 N–H and O–H groups in total. The number of fused-ring (bicyclic) bond motifs is 1. The van der Waals surface area contributed by atoms with Crippen LogP contribution in [-0.4, -0.2) is 51.8 Å². The Morgan fingerprint density at radius 1 is 1.22 bits per heavy atom. The first kappa shape index (κ1) is 19.4. The van der Waals surface area contributed by atoms with Crippen LogP contribution in [0.3, 0.4) is 0 Å². The van der Waals surface area contributed by atoms with Gasteiger partial charge in [0.2, 0.25) is 0 Å². The molecule has 1 amide bonds. The van der Waals surface area contributed by atoms with Gasteiger partial charge in [0, 0.05) is 49.9 Å². The molecular formula is C20H28N4O3. The number of nitrogens with zero attached hydrogens (tertiary/aromatic N) is 3. The number of hydrogen-bond acceptors (Lipinski definition) is 5. The summed E-state index contributed by atoms with van der Waals surface area (Å²) in [5.41, 5.74) is 0.384. The van der Waals surface area contributed by atoms with Crippen LogP contribution in [0, 0.1) is 0 Å². The Morgan fingerprint density at radius 2 is 1.96 bits per heavy atom. The largest absolute Gasteiger partial charge is 0.444 e. The topological polar surface area (TPSA) is 76.5 Å². The van der Waals surface area contributed by atoms with Crippen molar-refractivity contribution >= 4 is 17.0 Å². The van der Waals surface area contributed by atoms with Gasteiger partial charge in [0.25, 0.3) is 5.56 Å². The van der Waals surface area contributed by atoms with E-state index in [4.69, 9.17) is 4.74 Å². The molecule has 3 heterocycles. The minimum Gasteiger partial charge on any atom is -0.444 e. The molecule has 1 fully saturated rings. The van der Waals surface area contributed by atoms with E-state index in [1.807, 2.05) is 32.9 Å². The monoisotopic (exact) mass is 372 g/mol. The molecule has 146 valence electrons. The van der Waals surface area contributed by atoms with Gasteiger partial charge >= 0.3 is 6.09 Å². The molecule has 0 aliphatic carbocycles. The number of piperidine rings is 1. The van der Waals surface area contributed by atoms with E-state index >= 15 is 0 Å². The average Bonchev–Trinajstić information content (AvgIpc) is 2.60. The molecule has 1 aliphatic rings.